The fourth-order valence-corrected chi connectivity index (χ4v) is 7.22. The van der Waals surface area contributed by atoms with Crippen LogP contribution < -0.4 is 0 Å². The van der Waals surface area contributed by atoms with E-state index in [2.05, 4.69) is 26.8 Å². The number of carbonyl (C=O) groups is 1. The number of fused-ring (bicyclic) bond motifs is 5. The third kappa shape index (κ3) is 2.51. The van der Waals surface area contributed by atoms with Crippen molar-refractivity contribution in [1.29, 1.82) is 0 Å². The highest BCUT2D eigenvalue weighted by Gasteiger charge is 2.59. The lowest BCUT2D eigenvalue weighted by Gasteiger charge is -2.55. The molecule has 144 valence electrons. The molecule has 0 aliphatic heterocycles. The van der Waals surface area contributed by atoms with Crippen molar-refractivity contribution in [3.05, 3.63) is 23.3 Å². The first-order valence-corrected chi connectivity index (χ1v) is 10.8. The first-order valence-electron chi connectivity index (χ1n) is 10.8. The molecule has 0 saturated heterocycles. The SMILES string of the molecule is COCCC[C@@]1(C)CC[C@H]2C3CCC4=CC(=O)CC[C@]4(C)C3=CC[C@@]21C. The number of methoxy groups -OCH3 is 1. The van der Waals surface area contributed by atoms with Gasteiger partial charge in [0.1, 0.15) is 0 Å². The van der Waals surface area contributed by atoms with Crippen LogP contribution in [0.15, 0.2) is 23.3 Å². The van der Waals surface area contributed by atoms with Crippen molar-refractivity contribution in [2.45, 2.75) is 78.6 Å². The molecule has 0 heterocycles. The van der Waals surface area contributed by atoms with E-state index in [1.54, 1.807) is 5.57 Å². The number of carbonyl (C=O) groups excluding carboxylic acids is 1. The average Bonchev–Trinajstić information content (AvgIpc) is 2.87. The molecule has 4 rings (SSSR count). The van der Waals surface area contributed by atoms with Gasteiger partial charge in [0.05, 0.1) is 0 Å². The zero-order chi connectivity index (χ0) is 18.6. The van der Waals surface area contributed by atoms with E-state index in [9.17, 15) is 4.79 Å². The predicted octanol–water partition coefficient (Wildman–Crippen LogP) is 5.87. The van der Waals surface area contributed by atoms with Crippen molar-refractivity contribution >= 4 is 5.78 Å². The van der Waals surface area contributed by atoms with Gasteiger partial charge in [0, 0.05) is 25.6 Å². The molecule has 26 heavy (non-hydrogen) atoms. The normalized spacial score (nSPS) is 44.7. The highest BCUT2D eigenvalue weighted by atomic mass is 16.5. The third-order valence-corrected chi connectivity index (χ3v) is 9.19. The van der Waals surface area contributed by atoms with Crippen molar-refractivity contribution in [2.75, 3.05) is 13.7 Å². The summed E-state index contributed by atoms with van der Waals surface area (Å²) in [6.07, 6.45) is 15.3. The van der Waals surface area contributed by atoms with E-state index < -0.39 is 0 Å². The van der Waals surface area contributed by atoms with Gasteiger partial charge < -0.3 is 4.74 Å². The Balaban J connectivity index is 1.64. The summed E-state index contributed by atoms with van der Waals surface area (Å²) in [5.41, 5.74) is 4.17. The van der Waals surface area contributed by atoms with Gasteiger partial charge in [0.2, 0.25) is 0 Å². The van der Waals surface area contributed by atoms with Crippen LogP contribution in [0.4, 0.5) is 0 Å². The van der Waals surface area contributed by atoms with E-state index in [0.717, 1.165) is 37.7 Å². The van der Waals surface area contributed by atoms with Crippen LogP contribution in [-0.2, 0) is 9.53 Å². The molecule has 0 radical (unpaired) electrons. The minimum atomic E-state index is 0.174. The molecule has 1 unspecified atom stereocenters. The lowest BCUT2D eigenvalue weighted by atomic mass is 9.49. The molecular weight excluding hydrogens is 320 g/mol. The van der Waals surface area contributed by atoms with Crippen molar-refractivity contribution < 1.29 is 9.53 Å². The maximum absolute atomic E-state index is 12.0. The zero-order valence-corrected chi connectivity index (χ0v) is 17.2. The summed E-state index contributed by atoms with van der Waals surface area (Å²) >= 11 is 0. The topological polar surface area (TPSA) is 26.3 Å². The van der Waals surface area contributed by atoms with Crippen LogP contribution in [0.25, 0.3) is 0 Å². The minimum absolute atomic E-state index is 0.174. The van der Waals surface area contributed by atoms with E-state index in [-0.39, 0.29) is 5.41 Å². The Morgan fingerprint density at radius 2 is 1.96 bits per heavy atom. The van der Waals surface area contributed by atoms with Crippen molar-refractivity contribution in [3.8, 4) is 0 Å². The lowest BCUT2D eigenvalue weighted by molar-refractivity contribution is -0.115. The maximum atomic E-state index is 12.0. The molecule has 2 heteroatoms. The highest BCUT2D eigenvalue weighted by molar-refractivity contribution is 5.92. The fourth-order valence-electron chi connectivity index (χ4n) is 7.22. The first kappa shape index (κ1) is 18.5. The second kappa shape index (κ2) is 6.33. The van der Waals surface area contributed by atoms with Crippen LogP contribution >= 0.6 is 0 Å². The van der Waals surface area contributed by atoms with E-state index in [4.69, 9.17) is 4.74 Å². The number of allylic oxidation sites excluding steroid dienone is 4. The van der Waals surface area contributed by atoms with E-state index in [1.165, 1.54) is 44.1 Å². The van der Waals surface area contributed by atoms with E-state index in [1.807, 2.05) is 13.2 Å². The number of hydrogen-bond acceptors (Lipinski definition) is 2. The van der Waals surface area contributed by atoms with Crippen molar-refractivity contribution in [2.24, 2.45) is 28.1 Å². The first-order chi connectivity index (χ1) is 12.3. The molecule has 0 spiro atoms. The predicted molar refractivity (Wildman–Crippen MR) is 106 cm³/mol. The van der Waals surface area contributed by atoms with E-state index >= 15 is 0 Å². The van der Waals surface area contributed by atoms with Crippen LogP contribution in [0, 0.1) is 28.1 Å². The standard InChI is InChI=1S/C24H36O2/c1-22(11-5-15-26-4)12-9-21-19-7-6-17-16-18(25)8-13-23(17,2)20(19)10-14-24(21,22)3/h10,16,19,21H,5-9,11-15H2,1-4H3/t19?,21-,22-,23-,24-/m0/s1. The molecular formula is C24H36O2. The minimum Gasteiger partial charge on any atom is -0.385 e. The Hall–Kier alpha value is -0.890. The molecule has 0 aromatic rings. The van der Waals surface area contributed by atoms with E-state index in [0.29, 0.717) is 16.6 Å². The van der Waals surface area contributed by atoms with Gasteiger partial charge in [0.25, 0.3) is 0 Å². The molecule has 0 N–H and O–H groups in total. The van der Waals surface area contributed by atoms with Crippen LogP contribution in [0.3, 0.4) is 0 Å². The largest absolute Gasteiger partial charge is 0.385 e. The summed E-state index contributed by atoms with van der Waals surface area (Å²) in [5.74, 6) is 1.92. The van der Waals surface area contributed by atoms with Crippen LogP contribution in [-0.4, -0.2) is 19.5 Å². The molecule has 0 aromatic carbocycles. The van der Waals surface area contributed by atoms with Crippen LogP contribution in [0.5, 0.6) is 0 Å². The summed E-state index contributed by atoms with van der Waals surface area (Å²) in [6, 6.07) is 0. The fraction of sp³-hybridized carbons (Fsp3) is 0.792. The molecule has 2 saturated carbocycles. The molecule has 0 amide bonds. The Morgan fingerprint density at radius 3 is 2.73 bits per heavy atom. The summed E-state index contributed by atoms with van der Waals surface area (Å²) in [7, 11) is 1.82. The van der Waals surface area contributed by atoms with Crippen LogP contribution in [0.2, 0.25) is 0 Å². The maximum Gasteiger partial charge on any atom is 0.155 e. The molecule has 4 aliphatic rings. The summed E-state index contributed by atoms with van der Waals surface area (Å²) in [5, 5.41) is 0. The Kier molecular flexibility index (Phi) is 4.50. The molecule has 0 bridgehead atoms. The number of hydrogen-bond donors (Lipinski definition) is 0. The number of ketones is 1. The van der Waals surface area contributed by atoms with Crippen molar-refractivity contribution in [1.82, 2.24) is 0 Å². The summed E-state index contributed by atoms with van der Waals surface area (Å²) in [6.45, 7) is 8.46. The second-order valence-electron chi connectivity index (χ2n) is 10.2. The van der Waals surface area contributed by atoms with Gasteiger partial charge in [-0.3, -0.25) is 4.79 Å². The van der Waals surface area contributed by atoms with Gasteiger partial charge in [-0.15, -0.1) is 0 Å². The Morgan fingerprint density at radius 1 is 1.15 bits per heavy atom. The number of ether oxygens (including phenoxy) is 1. The Bertz CT molecular complexity index is 659. The van der Waals surface area contributed by atoms with Gasteiger partial charge in [-0.05, 0) is 80.1 Å². The average molecular weight is 357 g/mol. The quantitative estimate of drug-likeness (QED) is 0.465. The third-order valence-electron chi connectivity index (χ3n) is 9.19. The summed E-state index contributed by atoms with van der Waals surface area (Å²) < 4.78 is 5.34. The van der Waals surface area contributed by atoms with Crippen molar-refractivity contribution in [3.63, 3.8) is 0 Å². The summed E-state index contributed by atoms with van der Waals surface area (Å²) in [4.78, 5) is 12.0. The Labute approximate surface area is 159 Å². The smallest absolute Gasteiger partial charge is 0.155 e. The molecule has 5 atom stereocenters. The van der Waals surface area contributed by atoms with Gasteiger partial charge >= 0.3 is 0 Å². The van der Waals surface area contributed by atoms with Gasteiger partial charge in [-0.25, -0.2) is 0 Å². The molecule has 0 aromatic heterocycles. The zero-order valence-electron chi connectivity index (χ0n) is 17.2. The molecule has 2 fully saturated rings. The molecule has 4 aliphatic carbocycles. The number of rotatable bonds is 4. The van der Waals surface area contributed by atoms with Crippen LogP contribution in [0.1, 0.15) is 78.6 Å². The highest BCUT2D eigenvalue weighted by Crippen LogP contribution is 2.68. The van der Waals surface area contributed by atoms with Gasteiger partial charge in [-0.1, -0.05) is 38.0 Å². The lowest BCUT2D eigenvalue weighted by Crippen LogP contribution is -2.47. The molecule has 2 nitrogen and oxygen atoms in total. The van der Waals surface area contributed by atoms with Gasteiger partial charge in [0.15, 0.2) is 5.78 Å². The second-order valence-corrected chi connectivity index (χ2v) is 10.2. The van der Waals surface area contributed by atoms with Gasteiger partial charge in [-0.2, -0.15) is 0 Å². The monoisotopic (exact) mass is 356 g/mol.